The Balaban J connectivity index is 1.75. The number of alkyl halides is 3. The van der Waals surface area contributed by atoms with E-state index < -0.39 is 29.1 Å². The van der Waals surface area contributed by atoms with Crippen molar-refractivity contribution in [1.82, 2.24) is 9.97 Å². The first-order valence-corrected chi connectivity index (χ1v) is 9.10. The van der Waals surface area contributed by atoms with E-state index in [1.54, 1.807) is 6.07 Å². The predicted octanol–water partition coefficient (Wildman–Crippen LogP) is 4.29. The summed E-state index contributed by atoms with van der Waals surface area (Å²) in [5.41, 5.74) is -1.32. The maximum absolute atomic E-state index is 13.5. The summed E-state index contributed by atoms with van der Waals surface area (Å²) < 4.78 is 40.4. The average Bonchev–Trinajstić information content (AvgIpc) is 3.09. The lowest BCUT2D eigenvalue weighted by atomic mass is 9.99. The number of carbonyl (C=O) groups is 1. The molecule has 28 heavy (non-hydrogen) atoms. The average molecular weight is 407 g/mol. The van der Waals surface area contributed by atoms with Gasteiger partial charge in [0, 0.05) is 22.8 Å². The Morgan fingerprint density at radius 1 is 1.14 bits per heavy atom. The number of rotatable bonds is 5. The summed E-state index contributed by atoms with van der Waals surface area (Å²) in [5, 5.41) is 13.3. The third-order valence-electron chi connectivity index (χ3n) is 4.00. The molecule has 5 nitrogen and oxygen atoms in total. The van der Waals surface area contributed by atoms with Crippen molar-refractivity contribution in [2.75, 3.05) is 5.32 Å². The van der Waals surface area contributed by atoms with E-state index in [9.17, 15) is 23.1 Å². The van der Waals surface area contributed by atoms with Gasteiger partial charge in [-0.3, -0.25) is 4.79 Å². The Morgan fingerprint density at radius 3 is 2.39 bits per heavy atom. The Bertz CT molecular complexity index is 959. The molecule has 0 aliphatic rings. The zero-order valence-corrected chi connectivity index (χ0v) is 15.5. The highest BCUT2D eigenvalue weighted by Crippen LogP contribution is 2.42. The molecule has 3 rings (SSSR count). The number of nitrogens with one attached hydrogen (secondary N) is 1. The minimum absolute atomic E-state index is 0.0875. The second-order valence-electron chi connectivity index (χ2n) is 6.18. The van der Waals surface area contributed by atoms with Crippen molar-refractivity contribution in [2.45, 2.75) is 25.1 Å². The van der Waals surface area contributed by atoms with Gasteiger partial charge < -0.3 is 10.4 Å². The number of aryl methyl sites for hydroxylation is 1. The molecule has 0 saturated carbocycles. The molecule has 2 N–H and O–H groups in total. The van der Waals surface area contributed by atoms with E-state index in [-0.39, 0.29) is 5.82 Å². The number of benzene rings is 1. The molecule has 0 fully saturated rings. The van der Waals surface area contributed by atoms with E-state index >= 15 is 0 Å². The third-order valence-corrected chi connectivity index (χ3v) is 5.11. The second kappa shape index (κ2) is 7.69. The second-order valence-corrected chi connectivity index (χ2v) is 7.03. The standard InChI is InChI=1S/C19H16F3N3O2S/c1-12-11-28-17(24-12)18(27,19(20,21)22)9-16(26)25-15-8-7-14(10-23-15)13-5-3-2-4-6-13/h2-8,10-11,27H,9H2,1H3,(H,23,25,26). The molecule has 0 aliphatic heterocycles. The number of hydrogen-bond donors (Lipinski definition) is 2. The van der Waals surface area contributed by atoms with E-state index in [1.165, 1.54) is 24.6 Å². The van der Waals surface area contributed by atoms with Gasteiger partial charge >= 0.3 is 6.18 Å². The van der Waals surface area contributed by atoms with Gasteiger partial charge in [0.1, 0.15) is 10.8 Å². The molecule has 0 radical (unpaired) electrons. The zero-order chi connectivity index (χ0) is 20.4. The number of anilines is 1. The molecule has 1 amide bonds. The Hall–Kier alpha value is -2.78. The Labute approximate surface area is 162 Å². The Morgan fingerprint density at radius 2 is 1.86 bits per heavy atom. The summed E-state index contributed by atoms with van der Waals surface area (Å²) in [6, 6.07) is 12.5. The summed E-state index contributed by atoms with van der Waals surface area (Å²) in [7, 11) is 0. The highest BCUT2D eigenvalue weighted by Gasteiger charge is 2.58. The van der Waals surface area contributed by atoms with Crippen LogP contribution in [0.15, 0.2) is 54.0 Å². The first-order chi connectivity index (χ1) is 13.2. The summed E-state index contributed by atoms with van der Waals surface area (Å²) in [4.78, 5) is 19.9. The van der Waals surface area contributed by atoms with Crippen LogP contribution < -0.4 is 5.32 Å². The number of aliphatic hydroxyl groups is 1. The van der Waals surface area contributed by atoms with Crippen molar-refractivity contribution >= 4 is 23.1 Å². The van der Waals surface area contributed by atoms with Gasteiger partial charge in [0.15, 0.2) is 0 Å². The molecule has 0 aliphatic carbocycles. The number of nitrogens with zero attached hydrogens (tertiary/aromatic N) is 2. The number of thiazole rings is 1. The fourth-order valence-corrected chi connectivity index (χ4v) is 3.44. The van der Waals surface area contributed by atoms with Crippen molar-refractivity contribution in [1.29, 1.82) is 0 Å². The van der Waals surface area contributed by atoms with Gasteiger partial charge in [-0.1, -0.05) is 30.3 Å². The fraction of sp³-hybridized carbons (Fsp3) is 0.211. The number of carbonyl (C=O) groups excluding carboxylic acids is 1. The number of hydrogen-bond acceptors (Lipinski definition) is 5. The zero-order valence-electron chi connectivity index (χ0n) is 14.7. The van der Waals surface area contributed by atoms with Gasteiger partial charge in [-0.15, -0.1) is 11.3 Å². The van der Waals surface area contributed by atoms with Gasteiger partial charge in [0.05, 0.1) is 6.42 Å². The predicted molar refractivity (Wildman–Crippen MR) is 99.7 cm³/mol. The van der Waals surface area contributed by atoms with Crippen LogP contribution in [0.2, 0.25) is 0 Å². The van der Waals surface area contributed by atoms with E-state index in [0.29, 0.717) is 17.0 Å². The molecule has 0 spiro atoms. The van der Waals surface area contributed by atoms with Crippen LogP contribution in [-0.4, -0.2) is 27.2 Å². The highest BCUT2D eigenvalue weighted by atomic mass is 32.1. The third kappa shape index (κ3) is 4.20. The summed E-state index contributed by atoms with van der Waals surface area (Å²) in [6.45, 7) is 1.51. The minimum atomic E-state index is -5.06. The van der Waals surface area contributed by atoms with E-state index in [1.807, 2.05) is 30.3 Å². The van der Waals surface area contributed by atoms with Gasteiger partial charge in [-0.05, 0) is 24.6 Å². The van der Waals surface area contributed by atoms with Crippen molar-refractivity contribution in [2.24, 2.45) is 0 Å². The molecule has 0 bridgehead atoms. The molecular formula is C19H16F3N3O2S. The lowest BCUT2D eigenvalue weighted by molar-refractivity contribution is -0.266. The van der Waals surface area contributed by atoms with Crippen molar-refractivity contribution in [3.05, 3.63) is 64.7 Å². The van der Waals surface area contributed by atoms with Crippen LogP contribution in [0, 0.1) is 6.92 Å². The molecule has 1 aromatic carbocycles. The minimum Gasteiger partial charge on any atom is -0.374 e. The first kappa shape index (κ1) is 20.0. The molecule has 2 heterocycles. The van der Waals surface area contributed by atoms with Crippen LogP contribution >= 0.6 is 11.3 Å². The first-order valence-electron chi connectivity index (χ1n) is 8.22. The summed E-state index contributed by atoms with van der Waals surface area (Å²) in [5.74, 6) is -0.933. The van der Waals surface area contributed by atoms with E-state index in [2.05, 4.69) is 15.3 Å². The van der Waals surface area contributed by atoms with Crippen molar-refractivity contribution in [3.8, 4) is 11.1 Å². The number of halogens is 3. The maximum Gasteiger partial charge on any atom is 0.424 e. The molecule has 0 saturated heterocycles. The highest BCUT2D eigenvalue weighted by molar-refractivity contribution is 7.09. The quantitative estimate of drug-likeness (QED) is 0.662. The Kier molecular flexibility index (Phi) is 5.48. The molecule has 3 aromatic rings. The van der Waals surface area contributed by atoms with E-state index in [0.717, 1.165) is 11.1 Å². The van der Waals surface area contributed by atoms with Crippen LogP contribution in [0.3, 0.4) is 0 Å². The molecule has 1 unspecified atom stereocenters. The van der Waals surface area contributed by atoms with Gasteiger partial charge in [-0.25, -0.2) is 9.97 Å². The van der Waals surface area contributed by atoms with Crippen molar-refractivity contribution in [3.63, 3.8) is 0 Å². The number of pyridine rings is 1. The SMILES string of the molecule is Cc1csc(C(O)(CC(=O)Nc2ccc(-c3ccccc3)cn2)C(F)(F)F)n1. The number of aromatic nitrogens is 2. The lowest BCUT2D eigenvalue weighted by Gasteiger charge is -2.27. The van der Waals surface area contributed by atoms with Crippen molar-refractivity contribution < 1.29 is 23.1 Å². The smallest absolute Gasteiger partial charge is 0.374 e. The molecule has 9 heteroatoms. The summed E-state index contributed by atoms with van der Waals surface area (Å²) >= 11 is 0.654. The molecule has 2 aromatic heterocycles. The van der Waals surface area contributed by atoms with E-state index in [4.69, 9.17) is 0 Å². The van der Waals surface area contributed by atoms with Crippen LogP contribution in [0.25, 0.3) is 11.1 Å². The topological polar surface area (TPSA) is 75.1 Å². The lowest BCUT2D eigenvalue weighted by Crippen LogP contribution is -2.45. The number of amides is 1. The van der Waals surface area contributed by atoms with Crippen LogP contribution in [0.1, 0.15) is 17.1 Å². The molecular weight excluding hydrogens is 391 g/mol. The van der Waals surface area contributed by atoms with Crippen LogP contribution in [0.5, 0.6) is 0 Å². The van der Waals surface area contributed by atoms with Crippen LogP contribution in [-0.2, 0) is 10.4 Å². The molecule has 1 atom stereocenters. The molecule has 146 valence electrons. The fourth-order valence-electron chi connectivity index (χ4n) is 2.53. The van der Waals surface area contributed by atoms with Gasteiger partial charge in [0.25, 0.3) is 0 Å². The normalized spacial score (nSPS) is 13.8. The van der Waals surface area contributed by atoms with Crippen LogP contribution in [0.4, 0.5) is 19.0 Å². The van der Waals surface area contributed by atoms with Gasteiger partial charge in [0.2, 0.25) is 11.5 Å². The summed E-state index contributed by atoms with van der Waals surface area (Å²) in [6.07, 6.45) is -4.77. The maximum atomic E-state index is 13.5. The van der Waals surface area contributed by atoms with Gasteiger partial charge in [-0.2, -0.15) is 13.2 Å². The largest absolute Gasteiger partial charge is 0.424 e. The monoisotopic (exact) mass is 407 g/mol.